The average molecular weight is 362 g/mol. The Hall–Kier alpha value is -1.75. The Morgan fingerprint density at radius 1 is 1.04 bits per heavy atom. The summed E-state index contributed by atoms with van der Waals surface area (Å²) >= 11 is 0. The lowest BCUT2D eigenvalue weighted by molar-refractivity contribution is 0.134. The molecule has 5 heteroatoms. The van der Waals surface area contributed by atoms with E-state index in [4.69, 9.17) is 9.47 Å². The van der Waals surface area contributed by atoms with Crippen LogP contribution in [0.25, 0.3) is 0 Å². The van der Waals surface area contributed by atoms with Crippen molar-refractivity contribution in [3.8, 4) is 11.5 Å². The first-order valence-corrected chi connectivity index (χ1v) is 8.67. The number of aryl methyl sites for hydroxylation is 1. The lowest BCUT2D eigenvalue weighted by atomic mass is 10.0. The van der Waals surface area contributed by atoms with Crippen molar-refractivity contribution in [2.24, 2.45) is 0 Å². The van der Waals surface area contributed by atoms with Crippen molar-refractivity contribution >= 4 is 12.4 Å². The van der Waals surface area contributed by atoms with E-state index in [0.29, 0.717) is 6.04 Å². The highest BCUT2D eigenvalue weighted by Crippen LogP contribution is 2.36. The Morgan fingerprint density at radius 2 is 1.84 bits per heavy atom. The molecule has 2 aliphatic rings. The summed E-state index contributed by atoms with van der Waals surface area (Å²) in [5, 5.41) is 14.3. The van der Waals surface area contributed by atoms with Gasteiger partial charge in [-0.1, -0.05) is 36.4 Å². The van der Waals surface area contributed by atoms with Crippen molar-refractivity contribution in [2.45, 2.75) is 43.9 Å². The molecule has 2 N–H and O–H groups in total. The summed E-state index contributed by atoms with van der Waals surface area (Å²) < 4.78 is 10.7. The van der Waals surface area contributed by atoms with Crippen LogP contribution in [0.5, 0.6) is 11.5 Å². The first-order valence-electron chi connectivity index (χ1n) is 8.67. The molecule has 1 fully saturated rings. The van der Waals surface area contributed by atoms with Crippen LogP contribution in [0.4, 0.5) is 0 Å². The van der Waals surface area contributed by atoms with Gasteiger partial charge in [0.15, 0.2) is 11.5 Å². The number of rotatable bonds is 5. The molecule has 0 bridgehead atoms. The fraction of sp³-hybridized carbons (Fsp3) is 0.400. The summed E-state index contributed by atoms with van der Waals surface area (Å²) in [6.45, 7) is 0.262. The minimum Gasteiger partial charge on any atom is -0.454 e. The molecule has 0 amide bonds. The minimum atomic E-state index is -0.513. The summed E-state index contributed by atoms with van der Waals surface area (Å²) in [4.78, 5) is 0. The Morgan fingerprint density at radius 3 is 2.68 bits per heavy atom. The van der Waals surface area contributed by atoms with E-state index in [2.05, 4.69) is 35.6 Å². The van der Waals surface area contributed by atoms with Gasteiger partial charge in [-0.05, 0) is 48.9 Å². The number of fused-ring (bicyclic) bond motifs is 1. The van der Waals surface area contributed by atoms with Gasteiger partial charge in [0.1, 0.15) is 0 Å². The first-order chi connectivity index (χ1) is 11.8. The third kappa shape index (κ3) is 4.09. The number of halogens is 1. The second kappa shape index (κ2) is 8.09. The maximum atomic E-state index is 10.7. The molecular weight excluding hydrogens is 338 g/mol. The predicted molar refractivity (Wildman–Crippen MR) is 99.5 cm³/mol. The monoisotopic (exact) mass is 361 g/mol. The summed E-state index contributed by atoms with van der Waals surface area (Å²) in [5.74, 6) is 1.48. The fourth-order valence-electron chi connectivity index (χ4n) is 3.64. The van der Waals surface area contributed by atoms with E-state index < -0.39 is 6.10 Å². The van der Waals surface area contributed by atoms with Gasteiger partial charge in [0.05, 0.1) is 6.10 Å². The van der Waals surface area contributed by atoms with Crippen LogP contribution in [-0.2, 0) is 6.42 Å². The van der Waals surface area contributed by atoms with Crippen molar-refractivity contribution in [2.75, 3.05) is 6.79 Å². The van der Waals surface area contributed by atoms with Crippen LogP contribution in [-0.4, -0.2) is 24.0 Å². The molecule has 0 aliphatic carbocycles. The van der Waals surface area contributed by atoms with E-state index in [0.717, 1.165) is 42.7 Å². The van der Waals surface area contributed by atoms with Gasteiger partial charge >= 0.3 is 0 Å². The molecule has 0 saturated carbocycles. The molecule has 2 aromatic carbocycles. The molecule has 0 aromatic heterocycles. The summed E-state index contributed by atoms with van der Waals surface area (Å²) in [5.41, 5.74) is 2.26. The van der Waals surface area contributed by atoms with Gasteiger partial charge in [0, 0.05) is 12.1 Å². The summed E-state index contributed by atoms with van der Waals surface area (Å²) in [6, 6.07) is 16.8. The molecule has 2 heterocycles. The van der Waals surface area contributed by atoms with Crippen molar-refractivity contribution < 1.29 is 14.6 Å². The van der Waals surface area contributed by atoms with Gasteiger partial charge < -0.3 is 19.9 Å². The van der Waals surface area contributed by atoms with Crippen molar-refractivity contribution in [1.29, 1.82) is 0 Å². The third-order valence-electron chi connectivity index (χ3n) is 5.02. The molecule has 4 rings (SSSR count). The van der Waals surface area contributed by atoms with Gasteiger partial charge in [-0.3, -0.25) is 0 Å². The third-order valence-corrected chi connectivity index (χ3v) is 5.02. The van der Waals surface area contributed by atoms with Crippen LogP contribution < -0.4 is 14.8 Å². The zero-order valence-electron chi connectivity index (χ0n) is 14.1. The second-order valence-electron chi connectivity index (χ2n) is 6.63. The summed E-state index contributed by atoms with van der Waals surface area (Å²) in [6.07, 6.45) is 3.77. The molecular formula is C20H24ClNO3. The molecule has 2 aromatic rings. The van der Waals surface area contributed by atoms with Gasteiger partial charge in [-0.25, -0.2) is 0 Å². The quantitative estimate of drug-likeness (QED) is 0.854. The van der Waals surface area contributed by atoms with E-state index in [9.17, 15) is 5.11 Å². The summed E-state index contributed by atoms with van der Waals surface area (Å²) in [7, 11) is 0. The Balaban J connectivity index is 0.00000182. The average Bonchev–Trinajstić information content (AvgIpc) is 3.29. The smallest absolute Gasteiger partial charge is 0.231 e. The second-order valence-corrected chi connectivity index (χ2v) is 6.63. The SMILES string of the molecule is Cl.OC(c1ccc2c(c1)OCO2)C1CCC(CCc2ccccc2)N1. The van der Waals surface area contributed by atoms with Crippen LogP contribution in [0.15, 0.2) is 48.5 Å². The highest BCUT2D eigenvalue weighted by atomic mass is 35.5. The standard InChI is InChI=1S/C20H23NO3.ClH/c22-20(15-7-11-18-19(12-15)24-13-23-18)17-10-9-16(21-17)8-6-14-4-2-1-3-5-14;/h1-5,7,11-12,16-17,20-22H,6,8-10,13H2;1H. The van der Waals surface area contributed by atoms with Gasteiger partial charge in [0.2, 0.25) is 6.79 Å². The highest BCUT2D eigenvalue weighted by Gasteiger charge is 2.30. The number of nitrogens with one attached hydrogen (secondary N) is 1. The lowest BCUT2D eigenvalue weighted by Gasteiger charge is -2.20. The first kappa shape index (κ1) is 18.1. The number of hydrogen-bond donors (Lipinski definition) is 2. The number of aliphatic hydroxyl groups is 1. The van der Waals surface area contributed by atoms with E-state index >= 15 is 0 Å². The lowest BCUT2D eigenvalue weighted by Crippen LogP contribution is -2.34. The van der Waals surface area contributed by atoms with E-state index in [1.165, 1.54) is 5.56 Å². The van der Waals surface area contributed by atoms with Crippen LogP contribution >= 0.6 is 12.4 Å². The fourth-order valence-corrected chi connectivity index (χ4v) is 3.64. The zero-order chi connectivity index (χ0) is 16.4. The molecule has 0 spiro atoms. The Kier molecular flexibility index (Phi) is 5.84. The number of benzene rings is 2. The Labute approximate surface area is 154 Å². The topological polar surface area (TPSA) is 50.7 Å². The van der Waals surface area contributed by atoms with Crippen molar-refractivity contribution in [3.05, 3.63) is 59.7 Å². The Bertz CT molecular complexity index is 695. The van der Waals surface area contributed by atoms with E-state index in [-0.39, 0.29) is 25.2 Å². The number of ether oxygens (including phenoxy) is 2. The van der Waals surface area contributed by atoms with Crippen molar-refractivity contribution in [1.82, 2.24) is 5.32 Å². The normalized spacial score (nSPS) is 22.4. The van der Waals surface area contributed by atoms with Crippen LogP contribution in [0.1, 0.15) is 36.5 Å². The largest absolute Gasteiger partial charge is 0.454 e. The van der Waals surface area contributed by atoms with Gasteiger partial charge in [-0.2, -0.15) is 0 Å². The molecule has 3 atom stereocenters. The van der Waals surface area contributed by atoms with Crippen molar-refractivity contribution in [3.63, 3.8) is 0 Å². The highest BCUT2D eigenvalue weighted by molar-refractivity contribution is 5.85. The van der Waals surface area contributed by atoms with Gasteiger partial charge in [-0.15, -0.1) is 12.4 Å². The van der Waals surface area contributed by atoms with E-state index in [1.807, 2.05) is 18.2 Å². The maximum Gasteiger partial charge on any atom is 0.231 e. The maximum absolute atomic E-state index is 10.7. The predicted octanol–water partition coefficient (Wildman–Crippen LogP) is 3.62. The molecule has 1 saturated heterocycles. The van der Waals surface area contributed by atoms with Crippen LogP contribution in [0.3, 0.4) is 0 Å². The molecule has 4 nitrogen and oxygen atoms in total. The molecule has 2 aliphatic heterocycles. The molecule has 0 radical (unpaired) electrons. The van der Waals surface area contributed by atoms with E-state index in [1.54, 1.807) is 0 Å². The van der Waals surface area contributed by atoms with Crippen LogP contribution in [0.2, 0.25) is 0 Å². The molecule has 3 unspecified atom stereocenters. The van der Waals surface area contributed by atoms with Crippen LogP contribution in [0, 0.1) is 0 Å². The number of aliphatic hydroxyl groups excluding tert-OH is 1. The minimum absolute atomic E-state index is 0. The molecule has 134 valence electrons. The zero-order valence-corrected chi connectivity index (χ0v) is 14.9. The van der Waals surface area contributed by atoms with Gasteiger partial charge in [0.25, 0.3) is 0 Å². The molecule has 25 heavy (non-hydrogen) atoms. The number of hydrogen-bond acceptors (Lipinski definition) is 4.